The molecule has 4 nitrogen and oxygen atoms in total. The van der Waals surface area contributed by atoms with Crippen LogP contribution in [-0.2, 0) is 23.2 Å². The van der Waals surface area contributed by atoms with Crippen LogP contribution in [0.4, 0.5) is 8.78 Å². The van der Waals surface area contributed by atoms with Gasteiger partial charge in [0.1, 0.15) is 28.4 Å². The van der Waals surface area contributed by atoms with Crippen LogP contribution in [0.15, 0.2) is 77.2 Å². The van der Waals surface area contributed by atoms with Crippen molar-refractivity contribution in [2.24, 2.45) is 5.73 Å². The van der Waals surface area contributed by atoms with Crippen molar-refractivity contribution in [1.82, 2.24) is 4.90 Å². The molecule has 0 spiro atoms. The monoisotopic (exact) mass is 460 g/mol. The maximum Gasteiger partial charge on any atom is 0.234 e. The van der Waals surface area contributed by atoms with Gasteiger partial charge in [0, 0.05) is 36.5 Å². The van der Waals surface area contributed by atoms with Gasteiger partial charge in [-0.1, -0.05) is 49.4 Å². The Labute approximate surface area is 197 Å². The van der Waals surface area contributed by atoms with Gasteiger partial charge in [-0.05, 0) is 47.9 Å². The average molecular weight is 461 g/mol. The second-order valence-electron chi connectivity index (χ2n) is 8.83. The molecule has 0 bridgehead atoms. The maximum atomic E-state index is 13.9. The molecule has 6 heteroatoms. The Morgan fingerprint density at radius 1 is 1.00 bits per heavy atom. The molecule has 1 atom stereocenters. The number of amides is 1. The lowest BCUT2D eigenvalue weighted by Gasteiger charge is -2.46. The van der Waals surface area contributed by atoms with Gasteiger partial charge in [-0.3, -0.25) is 9.69 Å². The molecule has 34 heavy (non-hydrogen) atoms. The summed E-state index contributed by atoms with van der Waals surface area (Å²) in [7, 11) is 0. The van der Waals surface area contributed by atoms with E-state index in [9.17, 15) is 13.6 Å². The molecule has 2 N–H and O–H groups in total. The average Bonchev–Trinajstić information content (AvgIpc) is 3.21. The fourth-order valence-corrected chi connectivity index (χ4v) is 5.58. The van der Waals surface area contributed by atoms with Gasteiger partial charge in [0.25, 0.3) is 0 Å². The number of furan rings is 1. The Morgan fingerprint density at radius 3 is 2.15 bits per heavy atom. The smallest absolute Gasteiger partial charge is 0.234 e. The fourth-order valence-electron chi connectivity index (χ4n) is 5.58. The van der Waals surface area contributed by atoms with Crippen LogP contribution in [0.3, 0.4) is 0 Å². The minimum Gasteiger partial charge on any atom is -0.461 e. The zero-order valence-electron chi connectivity index (χ0n) is 18.9. The summed E-state index contributed by atoms with van der Waals surface area (Å²) in [4.78, 5) is 15.7. The van der Waals surface area contributed by atoms with Gasteiger partial charge in [0.2, 0.25) is 5.91 Å². The minimum atomic E-state index is -1.30. The fraction of sp³-hybridized carbons (Fsp3) is 0.250. The van der Waals surface area contributed by atoms with Crippen LogP contribution in [0.25, 0.3) is 11.0 Å². The summed E-state index contributed by atoms with van der Waals surface area (Å²) >= 11 is 0. The Bertz CT molecular complexity index is 1280. The molecule has 2 heterocycles. The van der Waals surface area contributed by atoms with Crippen molar-refractivity contribution in [3.05, 3.63) is 107 Å². The lowest BCUT2D eigenvalue weighted by molar-refractivity contribution is -0.124. The van der Waals surface area contributed by atoms with Gasteiger partial charge in [-0.15, -0.1) is 0 Å². The maximum absolute atomic E-state index is 13.9. The minimum absolute atomic E-state index is 0.345. The van der Waals surface area contributed by atoms with Crippen LogP contribution >= 0.6 is 0 Å². The summed E-state index contributed by atoms with van der Waals surface area (Å²) in [6.45, 7) is 3.27. The number of hydrogen-bond donors (Lipinski definition) is 1. The van der Waals surface area contributed by atoms with E-state index in [4.69, 9.17) is 10.2 Å². The molecule has 3 aromatic carbocycles. The molecule has 1 aliphatic heterocycles. The molecule has 5 rings (SSSR count). The summed E-state index contributed by atoms with van der Waals surface area (Å²) < 4.78 is 33.8. The molecular weight excluding hydrogens is 434 g/mol. The molecule has 0 saturated heterocycles. The Balaban J connectivity index is 1.67. The number of hydrogen-bond acceptors (Lipinski definition) is 3. The number of halogens is 2. The van der Waals surface area contributed by atoms with E-state index in [0.29, 0.717) is 37.1 Å². The number of primary amides is 1. The third kappa shape index (κ3) is 3.49. The van der Waals surface area contributed by atoms with Crippen molar-refractivity contribution in [3.8, 4) is 0 Å². The van der Waals surface area contributed by atoms with Crippen LogP contribution in [-0.4, -0.2) is 23.4 Å². The van der Waals surface area contributed by atoms with Crippen LogP contribution in [0.1, 0.15) is 35.8 Å². The van der Waals surface area contributed by atoms with Crippen LogP contribution < -0.4 is 5.73 Å². The third-order valence-electron chi connectivity index (χ3n) is 7.08. The van der Waals surface area contributed by atoms with E-state index in [0.717, 1.165) is 22.3 Å². The van der Waals surface area contributed by atoms with E-state index >= 15 is 0 Å². The van der Waals surface area contributed by atoms with Gasteiger partial charge >= 0.3 is 0 Å². The van der Waals surface area contributed by atoms with E-state index < -0.39 is 23.0 Å². The Hall–Kier alpha value is -3.51. The Kier molecular flexibility index (Phi) is 5.70. The second-order valence-corrected chi connectivity index (χ2v) is 8.83. The highest BCUT2D eigenvalue weighted by Crippen LogP contribution is 2.42. The van der Waals surface area contributed by atoms with Gasteiger partial charge in [0.05, 0.1) is 0 Å². The van der Waals surface area contributed by atoms with Crippen molar-refractivity contribution in [1.29, 1.82) is 0 Å². The molecule has 1 aliphatic rings. The lowest BCUT2D eigenvalue weighted by atomic mass is 9.66. The van der Waals surface area contributed by atoms with Gasteiger partial charge in [-0.25, -0.2) is 8.78 Å². The molecular formula is C28H26F2N2O2. The van der Waals surface area contributed by atoms with E-state index in [1.807, 2.05) is 31.2 Å². The molecule has 1 amide bonds. The standard InChI is InChI=1S/C28H26F2N2O2/c1-2-26(32-16-15-25-23(17-32)22-5-3-4-6-24(22)34-25)28(27(31)33,18-7-11-20(29)12-8-18)19-9-13-21(30)14-10-19/h3-14,26H,2,15-17H2,1H3,(H2,31,33). The van der Waals surface area contributed by atoms with Gasteiger partial charge in [0.15, 0.2) is 0 Å². The summed E-state index contributed by atoms with van der Waals surface area (Å²) in [5, 5.41) is 1.06. The molecule has 0 saturated carbocycles. The summed E-state index contributed by atoms with van der Waals surface area (Å²) in [5.41, 5.74) is 8.02. The first kappa shape index (κ1) is 22.3. The molecule has 1 unspecified atom stereocenters. The summed E-state index contributed by atoms with van der Waals surface area (Å²) in [6, 6.07) is 19.4. The lowest BCUT2D eigenvalue weighted by Crippen LogP contribution is -2.58. The van der Waals surface area contributed by atoms with Crippen LogP contribution in [0.5, 0.6) is 0 Å². The highest BCUT2D eigenvalue weighted by atomic mass is 19.1. The van der Waals surface area contributed by atoms with Gasteiger partial charge in [-0.2, -0.15) is 0 Å². The number of nitrogens with two attached hydrogens (primary N) is 1. The predicted molar refractivity (Wildman–Crippen MR) is 127 cm³/mol. The normalized spacial score (nSPS) is 15.3. The quantitative estimate of drug-likeness (QED) is 0.424. The first-order chi connectivity index (χ1) is 16.4. The SMILES string of the molecule is CCC(N1CCc2oc3ccccc3c2C1)C(C(N)=O)(c1ccc(F)cc1)c1ccc(F)cc1. The number of carbonyl (C=O) groups is 1. The summed E-state index contributed by atoms with van der Waals surface area (Å²) in [6.07, 6.45) is 1.30. The molecule has 0 radical (unpaired) electrons. The molecule has 0 aliphatic carbocycles. The molecule has 4 aromatic rings. The Morgan fingerprint density at radius 2 is 1.59 bits per heavy atom. The van der Waals surface area contributed by atoms with E-state index in [2.05, 4.69) is 4.90 Å². The molecule has 1 aromatic heterocycles. The van der Waals surface area contributed by atoms with E-state index in [1.165, 1.54) is 24.3 Å². The first-order valence-corrected chi connectivity index (χ1v) is 11.5. The topological polar surface area (TPSA) is 59.5 Å². The van der Waals surface area contributed by atoms with Crippen molar-refractivity contribution in [2.75, 3.05) is 6.54 Å². The van der Waals surface area contributed by atoms with Crippen molar-refractivity contribution >= 4 is 16.9 Å². The zero-order valence-corrected chi connectivity index (χ0v) is 18.9. The third-order valence-corrected chi connectivity index (χ3v) is 7.08. The number of benzene rings is 3. The van der Waals surface area contributed by atoms with Crippen molar-refractivity contribution < 1.29 is 18.0 Å². The van der Waals surface area contributed by atoms with E-state index in [1.54, 1.807) is 24.3 Å². The number of rotatable bonds is 6. The predicted octanol–water partition coefficient (Wildman–Crippen LogP) is 5.32. The van der Waals surface area contributed by atoms with Crippen LogP contribution in [0, 0.1) is 11.6 Å². The zero-order chi connectivity index (χ0) is 23.9. The number of carbonyl (C=O) groups excluding carboxylic acids is 1. The number of para-hydroxylation sites is 1. The highest BCUT2D eigenvalue weighted by molar-refractivity contribution is 5.92. The highest BCUT2D eigenvalue weighted by Gasteiger charge is 2.49. The largest absolute Gasteiger partial charge is 0.461 e. The van der Waals surface area contributed by atoms with E-state index in [-0.39, 0.29) is 6.04 Å². The molecule has 174 valence electrons. The van der Waals surface area contributed by atoms with Crippen molar-refractivity contribution in [2.45, 2.75) is 37.8 Å². The van der Waals surface area contributed by atoms with Crippen molar-refractivity contribution in [3.63, 3.8) is 0 Å². The first-order valence-electron chi connectivity index (χ1n) is 11.5. The number of fused-ring (bicyclic) bond motifs is 3. The van der Waals surface area contributed by atoms with Crippen LogP contribution in [0.2, 0.25) is 0 Å². The number of nitrogens with zero attached hydrogens (tertiary/aromatic N) is 1. The van der Waals surface area contributed by atoms with Gasteiger partial charge < -0.3 is 10.2 Å². The molecule has 0 fully saturated rings. The second kappa shape index (κ2) is 8.69. The summed E-state index contributed by atoms with van der Waals surface area (Å²) in [5.74, 6) is -0.399.